The Morgan fingerprint density at radius 1 is 1.37 bits per heavy atom. The molecule has 0 spiro atoms. The van der Waals surface area contributed by atoms with Gasteiger partial charge in [0.05, 0.1) is 6.54 Å². The van der Waals surface area contributed by atoms with Crippen LogP contribution in [0.25, 0.3) is 0 Å². The highest BCUT2D eigenvalue weighted by molar-refractivity contribution is 5.92. The summed E-state index contributed by atoms with van der Waals surface area (Å²) in [4.78, 5) is 14.1. The number of nitrogens with two attached hydrogens (primary N) is 1. The quantitative estimate of drug-likeness (QED) is 0.754. The number of hydrogen-bond donors (Lipinski definition) is 2. The molecule has 0 aliphatic heterocycles. The normalized spacial score (nSPS) is 10.7. The van der Waals surface area contributed by atoms with E-state index < -0.39 is 0 Å². The summed E-state index contributed by atoms with van der Waals surface area (Å²) in [5, 5.41) is 2.94. The van der Waals surface area contributed by atoms with E-state index in [1.807, 2.05) is 31.2 Å². The molecular formula is C15H25N3O. The first-order valence-electron chi connectivity index (χ1n) is 6.94. The van der Waals surface area contributed by atoms with E-state index in [4.69, 9.17) is 5.73 Å². The Bertz CT molecular complexity index is 393. The molecule has 0 radical (unpaired) electrons. The maximum absolute atomic E-state index is 12.0. The molecule has 3 N–H and O–H groups in total. The predicted octanol–water partition coefficient (Wildman–Crippen LogP) is 1.99. The summed E-state index contributed by atoms with van der Waals surface area (Å²) in [6.45, 7) is 7.04. The molecule has 4 nitrogen and oxygen atoms in total. The summed E-state index contributed by atoms with van der Waals surface area (Å²) in [5.41, 5.74) is 7.52. The highest BCUT2D eigenvalue weighted by Gasteiger charge is 2.09. The lowest BCUT2D eigenvalue weighted by Crippen LogP contribution is -2.35. The second kappa shape index (κ2) is 8.67. The molecule has 1 amide bonds. The standard InChI is InChI=1S/C15H25N3O/c1-3-9-18(10-5-8-16)12-15(19)17-14-7-4-6-13(2)11-14/h4,6-7,11H,3,5,8-10,12,16H2,1-2H3,(H,17,19). The number of carbonyl (C=O) groups excluding carboxylic acids is 1. The Hall–Kier alpha value is -1.39. The zero-order valence-electron chi connectivity index (χ0n) is 12.0. The van der Waals surface area contributed by atoms with Gasteiger partial charge in [0.25, 0.3) is 0 Å². The first-order chi connectivity index (χ1) is 9.15. The van der Waals surface area contributed by atoms with E-state index in [0.717, 1.165) is 37.2 Å². The monoisotopic (exact) mass is 263 g/mol. The molecule has 0 unspecified atom stereocenters. The lowest BCUT2D eigenvalue weighted by atomic mass is 10.2. The minimum Gasteiger partial charge on any atom is -0.330 e. The van der Waals surface area contributed by atoms with Gasteiger partial charge in [0.1, 0.15) is 0 Å². The molecule has 0 aliphatic rings. The smallest absolute Gasteiger partial charge is 0.238 e. The lowest BCUT2D eigenvalue weighted by Gasteiger charge is -2.20. The average molecular weight is 263 g/mol. The van der Waals surface area contributed by atoms with Crippen molar-refractivity contribution in [1.29, 1.82) is 0 Å². The van der Waals surface area contributed by atoms with E-state index in [2.05, 4.69) is 17.1 Å². The van der Waals surface area contributed by atoms with Gasteiger partial charge < -0.3 is 11.1 Å². The SMILES string of the molecule is CCCN(CCCN)CC(=O)Nc1cccc(C)c1. The largest absolute Gasteiger partial charge is 0.330 e. The van der Waals surface area contributed by atoms with Crippen LogP contribution in [0.5, 0.6) is 0 Å². The van der Waals surface area contributed by atoms with Crippen LogP contribution in [-0.4, -0.2) is 37.0 Å². The van der Waals surface area contributed by atoms with Gasteiger partial charge in [-0.1, -0.05) is 19.1 Å². The van der Waals surface area contributed by atoms with Gasteiger partial charge in [-0.3, -0.25) is 9.69 Å². The van der Waals surface area contributed by atoms with E-state index in [1.165, 1.54) is 0 Å². The number of nitrogens with zero attached hydrogens (tertiary/aromatic N) is 1. The Morgan fingerprint density at radius 3 is 2.79 bits per heavy atom. The zero-order chi connectivity index (χ0) is 14.1. The van der Waals surface area contributed by atoms with E-state index in [9.17, 15) is 4.79 Å². The first kappa shape index (κ1) is 15.7. The number of anilines is 1. The number of amides is 1. The number of hydrogen-bond acceptors (Lipinski definition) is 3. The predicted molar refractivity (Wildman–Crippen MR) is 80.2 cm³/mol. The van der Waals surface area contributed by atoms with Crippen molar-refractivity contribution < 1.29 is 4.79 Å². The number of nitrogens with one attached hydrogen (secondary N) is 1. The van der Waals surface area contributed by atoms with Crippen molar-refractivity contribution in [2.45, 2.75) is 26.7 Å². The molecule has 4 heteroatoms. The molecule has 0 fully saturated rings. The minimum absolute atomic E-state index is 0.0380. The third-order valence-electron chi connectivity index (χ3n) is 2.89. The van der Waals surface area contributed by atoms with Gasteiger partial charge in [-0.15, -0.1) is 0 Å². The Labute approximate surface area is 116 Å². The second-order valence-electron chi connectivity index (χ2n) is 4.84. The maximum atomic E-state index is 12.0. The zero-order valence-corrected chi connectivity index (χ0v) is 12.0. The van der Waals surface area contributed by atoms with Gasteiger partial charge in [0, 0.05) is 5.69 Å². The van der Waals surface area contributed by atoms with E-state index in [1.54, 1.807) is 0 Å². The highest BCUT2D eigenvalue weighted by Crippen LogP contribution is 2.09. The number of rotatable bonds is 8. The topological polar surface area (TPSA) is 58.4 Å². The van der Waals surface area contributed by atoms with Gasteiger partial charge in [-0.05, 0) is 57.1 Å². The molecule has 0 bridgehead atoms. The summed E-state index contributed by atoms with van der Waals surface area (Å²) in [5.74, 6) is 0.0380. The number of aryl methyl sites for hydroxylation is 1. The van der Waals surface area contributed by atoms with Crippen molar-refractivity contribution in [3.63, 3.8) is 0 Å². The van der Waals surface area contributed by atoms with Crippen LogP contribution in [0.2, 0.25) is 0 Å². The van der Waals surface area contributed by atoms with Gasteiger partial charge in [-0.25, -0.2) is 0 Å². The number of benzene rings is 1. The Balaban J connectivity index is 2.47. The molecule has 0 heterocycles. The Kier molecular flexibility index (Phi) is 7.15. The molecular weight excluding hydrogens is 238 g/mol. The fraction of sp³-hybridized carbons (Fsp3) is 0.533. The van der Waals surface area contributed by atoms with Crippen LogP contribution in [-0.2, 0) is 4.79 Å². The van der Waals surface area contributed by atoms with Crippen LogP contribution < -0.4 is 11.1 Å². The molecule has 19 heavy (non-hydrogen) atoms. The van der Waals surface area contributed by atoms with Crippen molar-refractivity contribution in [1.82, 2.24) is 4.90 Å². The van der Waals surface area contributed by atoms with E-state index >= 15 is 0 Å². The fourth-order valence-corrected chi connectivity index (χ4v) is 2.03. The van der Waals surface area contributed by atoms with E-state index in [0.29, 0.717) is 13.1 Å². The van der Waals surface area contributed by atoms with Crippen molar-refractivity contribution >= 4 is 11.6 Å². The van der Waals surface area contributed by atoms with Gasteiger partial charge in [0.2, 0.25) is 5.91 Å². The van der Waals surface area contributed by atoms with Crippen molar-refractivity contribution in [3.8, 4) is 0 Å². The molecule has 0 aliphatic carbocycles. The van der Waals surface area contributed by atoms with Gasteiger partial charge in [0.15, 0.2) is 0 Å². The average Bonchev–Trinajstić information content (AvgIpc) is 2.36. The third kappa shape index (κ3) is 6.36. The van der Waals surface area contributed by atoms with Crippen molar-refractivity contribution in [2.24, 2.45) is 5.73 Å². The van der Waals surface area contributed by atoms with Crippen LogP contribution in [0.4, 0.5) is 5.69 Å². The minimum atomic E-state index is 0.0380. The maximum Gasteiger partial charge on any atom is 0.238 e. The summed E-state index contributed by atoms with van der Waals surface area (Å²) in [6.07, 6.45) is 1.97. The van der Waals surface area contributed by atoms with E-state index in [-0.39, 0.29) is 5.91 Å². The Morgan fingerprint density at radius 2 is 2.16 bits per heavy atom. The summed E-state index contributed by atoms with van der Waals surface area (Å²) >= 11 is 0. The van der Waals surface area contributed by atoms with Gasteiger partial charge >= 0.3 is 0 Å². The first-order valence-corrected chi connectivity index (χ1v) is 6.94. The van der Waals surface area contributed by atoms with Crippen molar-refractivity contribution in [3.05, 3.63) is 29.8 Å². The van der Waals surface area contributed by atoms with Crippen LogP contribution in [0, 0.1) is 6.92 Å². The third-order valence-corrected chi connectivity index (χ3v) is 2.89. The number of carbonyl (C=O) groups is 1. The molecule has 1 rings (SSSR count). The molecule has 106 valence electrons. The van der Waals surface area contributed by atoms with Crippen LogP contribution in [0.1, 0.15) is 25.3 Å². The summed E-state index contributed by atoms with van der Waals surface area (Å²) < 4.78 is 0. The molecule has 1 aromatic rings. The molecule has 0 aromatic heterocycles. The second-order valence-corrected chi connectivity index (χ2v) is 4.84. The molecule has 0 atom stereocenters. The molecule has 0 saturated heterocycles. The van der Waals surface area contributed by atoms with Gasteiger partial charge in [-0.2, -0.15) is 0 Å². The highest BCUT2D eigenvalue weighted by atomic mass is 16.2. The van der Waals surface area contributed by atoms with Crippen molar-refractivity contribution in [2.75, 3.05) is 31.5 Å². The summed E-state index contributed by atoms with van der Waals surface area (Å²) in [7, 11) is 0. The summed E-state index contributed by atoms with van der Waals surface area (Å²) in [6, 6.07) is 7.85. The van der Waals surface area contributed by atoms with Crippen LogP contribution in [0.15, 0.2) is 24.3 Å². The van der Waals surface area contributed by atoms with Crippen LogP contribution >= 0.6 is 0 Å². The molecule has 0 saturated carbocycles. The van der Waals surface area contributed by atoms with Crippen LogP contribution in [0.3, 0.4) is 0 Å². The lowest BCUT2D eigenvalue weighted by molar-refractivity contribution is -0.117. The fourth-order valence-electron chi connectivity index (χ4n) is 2.03. The molecule has 1 aromatic carbocycles.